The van der Waals surface area contributed by atoms with Gasteiger partial charge in [0.05, 0.1) is 0 Å². The summed E-state index contributed by atoms with van der Waals surface area (Å²) in [6, 6.07) is 4.61. The molecule has 1 aromatic rings. The lowest BCUT2D eigenvalue weighted by atomic mass is 9.74. The average Bonchev–Trinajstić information content (AvgIpc) is 2.22. The normalized spacial score (nSPS) is 15.1. The molecule has 1 rings (SSSR count). The van der Waals surface area contributed by atoms with E-state index in [2.05, 4.69) is 69.6 Å². The van der Waals surface area contributed by atoms with Gasteiger partial charge in [0.25, 0.3) is 0 Å². The van der Waals surface area contributed by atoms with E-state index in [1.165, 1.54) is 22.3 Å². The van der Waals surface area contributed by atoms with Crippen LogP contribution in [-0.2, 0) is 6.42 Å². The van der Waals surface area contributed by atoms with E-state index in [1.807, 2.05) is 0 Å². The Bertz CT molecular complexity index is 370. The highest BCUT2D eigenvalue weighted by atomic mass is 79.9. The molecule has 0 saturated heterocycles. The topological polar surface area (TPSA) is 0 Å². The molecule has 0 aromatic heterocycles. The van der Waals surface area contributed by atoms with Crippen molar-refractivity contribution < 1.29 is 0 Å². The molecular weight excluding hydrogens is 272 g/mol. The third-order valence-corrected chi connectivity index (χ3v) is 5.40. The monoisotopic (exact) mass is 296 g/mol. The summed E-state index contributed by atoms with van der Waals surface area (Å²) in [7, 11) is 0. The van der Waals surface area contributed by atoms with Gasteiger partial charge in [-0.05, 0) is 55.2 Å². The zero-order valence-electron chi connectivity index (χ0n) is 12.0. The van der Waals surface area contributed by atoms with Crippen LogP contribution in [0.4, 0.5) is 0 Å². The van der Waals surface area contributed by atoms with Crippen LogP contribution in [0.2, 0.25) is 0 Å². The van der Waals surface area contributed by atoms with Gasteiger partial charge in [0, 0.05) is 5.33 Å². The van der Waals surface area contributed by atoms with Crippen molar-refractivity contribution in [2.75, 3.05) is 5.33 Å². The first-order valence-electron chi connectivity index (χ1n) is 6.43. The minimum Gasteiger partial charge on any atom is -0.0922 e. The standard InChI is InChI=1S/C16H25Br/c1-11(2)16(6,10-17)9-15-13(4)7-12(3)8-14(15)5/h7-8,11H,9-10H2,1-6H3. The molecular formula is C16H25Br. The molecule has 17 heavy (non-hydrogen) atoms. The Morgan fingerprint density at radius 2 is 1.59 bits per heavy atom. The molecule has 0 fully saturated rings. The highest BCUT2D eigenvalue weighted by molar-refractivity contribution is 9.09. The molecule has 0 amide bonds. The van der Waals surface area contributed by atoms with Crippen LogP contribution in [-0.4, -0.2) is 5.33 Å². The van der Waals surface area contributed by atoms with Crippen molar-refractivity contribution in [2.24, 2.45) is 11.3 Å². The molecule has 1 aromatic carbocycles. The van der Waals surface area contributed by atoms with E-state index in [0.717, 1.165) is 11.8 Å². The quantitative estimate of drug-likeness (QED) is 0.669. The van der Waals surface area contributed by atoms with Gasteiger partial charge in [0.15, 0.2) is 0 Å². The number of hydrogen-bond donors (Lipinski definition) is 0. The summed E-state index contributed by atoms with van der Waals surface area (Å²) in [6.07, 6.45) is 1.16. The molecule has 1 heteroatoms. The Labute approximate surface area is 115 Å². The van der Waals surface area contributed by atoms with Gasteiger partial charge in [-0.2, -0.15) is 0 Å². The fourth-order valence-corrected chi connectivity index (χ4v) is 3.14. The van der Waals surface area contributed by atoms with E-state index in [1.54, 1.807) is 0 Å². The van der Waals surface area contributed by atoms with E-state index in [4.69, 9.17) is 0 Å². The highest BCUT2D eigenvalue weighted by Crippen LogP contribution is 2.35. The van der Waals surface area contributed by atoms with Crippen LogP contribution >= 0.6 is 15.9 Å². The SMILES string of the molecule is Cc1cc(C)c(CC(C)(CBr)C(C)C)c(C)c1. The van der Waals surface area contributed by atoms with E-state index >= 15 is 0 Å². The van der Waals surface area contributed by atoms with Gasteiger partial charge < -0.3 is 0 Å². The smallest absolute Gasteiger partial charge is 0.00909 e. The highest BCUT2D eigenvalue weighted by Gasteiger charge is 2.28. The third-order valence-electron chi connectivity index (χ3n) is 4.12. The van der Waals surface area contributed by atoms with Crippen molar-refractivity contribution in [3.05, 3.63) is 34.4 Å². The molecule has 1 unspecified atom stereocenters. The summed E-state index contributed by atoms with van der Waals surface area (Å²) in [6.45, 7) is 13.7. The number of halogens is 1. The molecule has 0 bridgehead atoms. The average molecular weight is 297 g/mol. The first-order valence-corrected chi connectivity index (χ1v) is 7.55. The van der Waals surface area contributed by atoms with Gasteiger partial charge in [-0.1, -0.05) is 54.4 Å². The Morgan fingerprint density at radius 3 is 1.94 bits per heavy atom. The molecule has 96 valence electrons. The van der Waals surface area contributed by atoms with Gasteiger partial charge in [0.1, 0.15) is 0 Å². The molecule has 0 aliphatic carbocycles. The van der Waals surface area contributed by atoms with Gasteiger partial charge in [-0.25, -0.2) is 0 Å². The molecule has 0 aliphatic heterocycles. The number of benzene rings is 1. The Morgan fingerprint density at radius 1 is 1.12 bits per heavy atom. The zero-order valence-corrected chi connectivity index (χ0v) is 13.6. The maximum atomic E-state index is 3.69. The number of rotatable bonds is 4. The summed E-state index contributed by atoms with van der Waals surface area (Å²) in [5.74, 6) is 0.682. The summed E-state index contributed by atoms with van der Waals surface area (Å²) in [4.78, 5) is 0. The van der Waals surface area contributed by atoms with Gasteiger partial charge in [-0.15, -0.1) is 0 Å². The van der Waals surface area contributed by atoms with E-state index in [-0.39, 0.29) is 0 Å². The molecule has 1 atom stereocenters. The predicted molar refractivity (Wildman–Crippen MR) is 81.1 cm³/mol. The van der Waals surface area contributed by atoms with Crippen LogP contribution in [0.5, 0.6) is 0 Å². The molecule has 0 nitrogen and oxygen atoms in total. The van der Waals surface area contributed by atoms with E-state index in [9.17, 15) is 0 Å². The van der Waals surface area contributed by atoms with Gasteiger partial charge in [-0.3, -0.25) is 0 Å². The minimum absolute atomic E-state index is 0.338. The minimum atomic E-state index is 0.338. The Balaban J connectivity index is 3.10. The summed E-state index contributed by atoms with van der Waals surface area (Å²) in [5, 5.41) is 1.06. The number of aryl methyl sites for hydroxylation is 3. The van der Waals surface area contributed by atoms with Crippen LogP contribution < -0.4 is 0 Å². The molecule has 0 N–H and O–H groups in total. The van der Waals surface area contributed by atoms with Crippen molar-refractivity contribution in [2.45, 2.75) is 48.0 Å². The van der Waals surface area contributed by atoms with Crippen LogP contribution in [0.15, 0.2) is 12.1 Å². The molecule has 0 saturated carbocycles. The Kier molecular flexibility index (Phi) is 4.83. The van der Waals surface area contributed by atoms with Crippen molar-refractivity contribution in [1.82, 2.24) is 0 Å². The van der Waals surface area contributed by atoms with Crippen molar-refractivity contribution in [3.8, 4) is 0 Å². The first-order chi connectivity index (χ1) is 7.80. The summed E-state index contributed by atoms with van der Waals surface area (Å²) in [5.41, 5.74) is 6.12. The maximum absolute atomic E-state index is 3.69. The molecule has 0 spiro atoms. The second-order valence-corrected chi connectivity index (χ2v) is 6.56. The number of hydrogen-bond acceptors (Lipinski definition) is 0. The molecule has 0 heterocycles. The lowest BCUT2D eigenvalue weighted by Crippen LogP contribution is -2.28. The maximum Gasteiger partial charge on any atom is 0.00909 e. The van der Waals surface area contributed by atoms with Crippen molar-refractivity contribution in [3.63, 3.8) is 0 Å². The fourth-order valence-electron chi connectivity index (χ4n) is 2.30. The second kappa shape index (κ2) is 5.56. The van der Waals surface area contributed by atoms with Crippen molar-refractivity contribution >= 4 is 15.9 Å². The van der Waals surface area contributed by atoms with Crippen LogP contribution in [0.25, 0.3) is 0 Å². The lowest BCUT2D eigenvalue weighted by Gasteiger charge is -2.33. The molecule has 0 aliphatic rings. The number of alkyl halides is 1. The van der Waals surface area contributed by atoms with Crippen LogP contribution in [0.3, 0.4) is 0 Å². The summed E-state index contributed by atoms with van der Waals surface area (Å²) >= 11 is 3.69. The summed E-state index contributed by atoms with van der Waals surface area (Å²) < 4.78 is 0. The van der Waals surface area contributed by atoms with Crippen LogP contribution in [0, 0.1) is 32.1 Å². The second-order valence-electron chi connectivity index (χ2n) is 6.00. The van der Waals surface area contributed by atoms with Crippen molar-refractivity contribution in [1.29, 1.82) is 0 Å². The largest absolute Gasteiger partial charge is 0.0922 e. The first kappa shape index (κ1) is 14.8. The fraction of sp³-hybridized carbons (Fsp3) is 0.625. The van der Waals surface area contributed by atoms with Gasteiger partial charge >= 0.3 is 0 Å². The molecule has 0 radical (unpaired) electrons. The zero-order chi connectivity index (χ0) is 13.2. The van der Waals surface area contributed by atoms with Crippen LogP contribution in [0.1, 0.15) is 43.0 Å². The van der Waals surface area contributed by atoms with Gasteiger partial charge in [0.2, 0.25) is 0 Å². The van der Waals surface area contributed by atoms with E-state index in [0.29, 0.717) is 11.3 Å². The lowest BCUT2D eigenvalue weighted by molar-refractivity contribution is 0.257. The Hall–Kier alpha value is -0.300. The van der Waals surface area contributed by atoms with E-state index < -0.39 is 0 Å². The third kappa shape index (κ3) is 3.34. The predicted octanol–water partition coefficient (Wildman–Crippen LogP) is 5.21.